The first kappa shape index (κ1) is 53.4. The number of carboxylic acids is 1. The number of aromatic nitrogens is 4. The van der Waals surface area contributed by atoms with Crippen molar-refractivity contribution in [3.8, 4) is 57.4 Å². The van der Waals surface area contributed by atoms with Gasteiger partial charge < -0.3 is 35.1 Å². The molecule has 8 rings (SSSR count). The van der Waals surface area contributed by atoms with Crippen molar-refractivity contribution in [2.24, 2.45) is 0 Å². The second-order valence-electron chi connectivity index (χ2n) is 19.9. The van der Waals surface area contributed by atoms with E-state index in [1.54, 1.807) is 73.2 Å². The van der Waals surface area contributed by atoms with Crippen molar-refractivity contribution >= 4 is 35.1 Å². The van der Waals surface area contributed by atoms with Gasteiger partial charge in [0.15, 0.2) is 0 Å². The molecule has 71 heavy (non-hydrogen) atoms. The zero-order valence-electron chi connectivity index (χ0n) is 40.8. The molecule has 0 bridgehead atoms. The number of aliphatic hydroxyl groups excluding tert-OH is 1. The molecule has 0 radical (unpaired) electrons. The average molecular weight is 1000 g/mol. The van der Waals surface area contributed by atoms with Crippen molar-refractivity contribution in [2.45, 2.75) is 115 Å². The minimum atomic E-state index is -1.08. The van der Waals surface area contributed by atoms with E-state index in [0.717, 1.165) is 36.8 Å². The highest BCUT2D eigenvalue weighted by Gasteiger charge is 2.40. The number of aliphatic hydroxyl groups is 1. The molecule has 17 heteroatoms. The number of hydrogen-bond donors (Lipinski definition) is 4. The topological polar surface area (TPSA) is 225 Å². The third-order valence-electron chi connectivity index (χ3n) is 11.4. The summed E-state index contributed by atoms with van der Waals surface area (Å²) in [6, 6.07) is 27.1. The molecule has 2 aliphatic heterocycles. The second-order valence-corrected chi connectivity index (χ2v) is 20.7. The van der Waals surface area contributed by atoms with Gasteiger partial charge in [0.1, 0.15) is 52.4 Å². The minimum Gasteiger partial charge on any atom is -0.478 e. The molecule has 2 saturated heterocycles. The van der Waals surface area contributed by atoms with E-state index in [4.69, 9.17) is 42.5 Å². The molecule has 0 spiro atoms. The van der Waals surface area contributed by atoms with Crippen molar-refractivity contribution < 1.29 is 34.0 Å². The van der Waals surface area contributed by atoms with Crippen molar-refractivity contribution in [3.05, 3.63) is 142 Å². The maximum atomic E-state index is 12.9. The number of rotatable bonds is 9. The summed E-state index contributed by atoms with van der Waals surface area (Å²) in [5, 5.41) is 60.5. The predicted octanol–water partition coefficient (Wildman–Crippen LogP) is 11.4. The number of benzene rings is 4. The summed E-state index contributed by atoms with van der Waals surface area (Å²) in [7, 11) is 0. The molecular formula is C54H56Cl2N8O7. The van der Waals surface area contributed by atoms with Gasteiger partial charge in [-0.05, 0) is 129 Å². The van der Waals surface area contributed by atoms with E-state index < -0.39 is 11.9 Å². The molecule has 2 aromatic heterocycles. The molecule has 15 nitrogen and oxygen atoms in total. The van der Waals surface area contributed by atoms with E-state index in [1.165, 1.54) is 30.5 Å². The van der Waals surface area contributed by atoms with Crippen LogP contribution in [0, 0.1) is 22.7 Å². The first-order valence-corrected chi connectivity index (χ1v) is 23.5. The third-order valence-corrected chi connectivity index (χ3v) is 12.0. The summed E-state index contributed by atoms with van der Waals surface area (Å²) in [6.45, 7) is 17.0. The first-order chi connectivity index (χ1) is 33.5. The number of nitriles is 2. The van der Waals surface area contributed by atoms with Crippen LogP contribution in [0.1, 0.15) is 113 Å². The summed E-state index contributed by atoms with van der Waals surface area (Å²) in [6.07, 6.45) is 9.04. The number of nitrogens with zero attached hydrogens (tertiary/aromatic N) is 6. The van der Waals surface area contributed by atoms with Crippen LogP contribution in [-0.2, 0) is 4.74 Å². The number of carboxylic acid groups (broad SMARTS) is 1. The molecule has 0 atom stereocenters. The summed E-state index contributed by atoms with van der Waals surface area (Å²) in [5.41, 5.74) is 3.73. The van der Waals surface area contributed by atoms with Gasteiger partial charge in [-0.2, -0.15) is 30.9 Å². The second kappa shape index (κ2) is 22.4. The summed E-state index contributed by atoms with van der Waals surface area (Å²) >= 11 is 12.6. The van der Waals surface area contributed by atoms with Crippen LogP contribution in [0.4, 0.5) is 0 Å². The number of piperidine rings is 2. The van der Waals surface area contributed by atoms with E-state index in [0.29, 0.717) is 45.1 Å². The normalized spacial score (nSPS) is 16.5. The third kappa shape index (κ3) is 14.5. The van der Waals surface area contributed by atoms with Gasteiger partial charge in [-0.15, -0.1) is 0 Å². The van der Waals surface area contributed by atoms with Crippen molar-refractivity contribution in [3.63, 3.8) is 0 Å². The molecule has 0 amide bonds. The van der Waals surface area contributed by atoms with Gasteiger partial charge in [-0.1, -0.05) is 47.5 Å². The zero-order chi connectivity index (χ0) is 51.7. The van der Waals surface area contributed by atoms with Crippen LogP contribution in [0.2, 0.25) is 10.0 Å². The largest absolute Gasteiger partial charge is 0.478 e. The lowest BCUT2D eigenvalue weighted by Gasteiger charge is -2.45. The van der Waals surface area contributed by atoms with Gasteiger partial charge in [0, 0.05) is 57.3 Å². The van der Waals surface area contributed by atoms with Crippen molar-refractivity contribution in [2.75, 3.05) is 0 Å². The monoisotopic (exact) mass is 998 g/mol. The van der Waals surface area contributed by atoms with Crippen molar-refractivity contribution in [1.82, 2.24) is 31.0 Å². The van der Waals surface area contributed by atoms with E-state index >= 15 is 0 Å². The number of carbonyl (C=O) groups is 2. The Kier molecular flexibility index (Phi) is 16.8. The highest BCUT2D eigenvalue weighted by Crippen LogP contribution is 2.38. The van der Waals surface area contributed by atoms with Gasteiger partial charge >= 0.3 is 11.9 Å². The van der Waals surface area contributed by atoms with E-state index in [-0.39, 0.29) is 55.7 Å². The lowest BCUT2D eigenvalue weighted by Crippen LogP contribution is -2.59. The summed E-state index contributed by atoms with van der Waals surface area (Å²) in [4.78, 5) is 23.8. The fraction of sp³-hybridized carbons (Fsp3) is 0.333. The molecular weight excluding hydrogens is 944 g/mol. The van der Waals surface area contributed by atoms with Crippen LogP contribution in [-0.4, -0.2) is 76.9 Å². The molecule has 2 fully saturated rings. The van der Waals surface area contributed by atoms with Crippen molar-refractivity contribution in [1.29, 1.82) is 10.5 Å². The van der Waals surface area contributed by atoms with Gasteiger partial charge in [0.25, 0.3) is 0 Å². The van der Waals surface area contributed by atoms with Crippen LogP contribution in [0.5, 0.6) is 23.0 Å². The maximum absolute atomic E-state index is 12.9. The Hall–Kier alpha value is -6.98. The Labute approximate surface area is 423 Å². The number of nitrogens with one attached hydrogen (secondary N) is 2. The Balaban J connectivity index is 0.000000198. The predicted molar refractivity (Wildman–Crippen MR) is 271 cm³/mol. The fourth-order valence-electron chi connectivity index (χ4n) is 9.31. The first-order valence-electron chi connectivity index (χ1n) is 22.7. The highest BCUT2D eigenvalue weighted by molar-refractivity contribution is 6.32. The van der Waals surface area contributed by atoms with Crippen LogP contribution >= 0.6 is 23.2 Å². The Morgan fingerprint density at radius 2 is 1.03 bits per heavy atom. The Morgan fingerprint density at radius 1 is 0.606 bits per heavy atom. The van der Waals surface area contributed by atoms with Gasteiger partial charge in [-0.3, -0.25) is 0 Å². The standard InChI is InChI=1S/C27H27ClN4O3.C18H10ClN3O3.C9H19NO/c1-26(2)13-19(14-27(3,4)32-26)34-25(33)17-8-9-24(22(28)12-17)35-23-7-5-6-20(21(23)15-29)18-10-11-30-31-16-18;19-15-8-11(18(23)24)4-5-17(15)25-16-3-1-2-13(14(16)9-20)12-6-7-21-22-10-12;1-8(2)5-7(11)6-9(3,4)10-8/h5-12,16,19,32H,13-14H2,1-4H3;1-8,10H,(H,23,24);7,10-11H,5-6H2,1-4H3. The molecule has 0 aliphatic carbocycles. The maximum Gasteiger partial charge on any atom is 0.338 e. The molecule has 2 aliphatic rings. The SMILES string of the molecule is CC1(C)CC(O)CC(C)(C)N1.CC1(C)CC(OC(=O)c2ccc(Oc3cccc(-c4ccnnc4)c3C#N)c(Cl)c2)CC(C)(C)N1.N#Cc1c(Oc2ccc(C(=O)O)cc2Cl)cccc1-c1ccnnc1. The smallest absolute Gasteiger partial charge is 0.338 e. The minimum absolute atomic E-state index is 0.0504. The molecule has 4 N–H and O–H groups in total. The molecule has 4 heterocycles. The quantitative estimate of drug-likeness (QED) is 0.0988. The van der Waals surface area contributed by atoms with Gasteiger partial charge in [0.05, 0.1) is 52.1 Å². The number of esters is 1. The fourth-order valence-corrected chi connectivity index (χ4v) is 9.75. The van der Waals surface area contributed by atoms with E-state index in [2.05, 4.69) is 98.6 Å². The molecule has 368 valence electrons. The van der Waals surface area contributed by atoms with Crippen LogP contribution in [0.25, 0.3) is 22.3 Å². The molecule has 4 aromatic carbocycles. The number of aromatic carboxylic acids is 1. The average Bonchev–Trinajstić information content (AvgIpc) is 3.29. The Morgan fingerprint density at radius 3 is 1.41 bits per heavy atom. The number of hydrogen-bond acceptors (Lipinski definition) is 14. The highest BCUT2D eigenvalue weighted by atomic mass is 35.5. The summed E-state index contributed by atoms with van der Waals surface area (Å²) in [5.74, 6) is -0.276. The zero-order valence-corrected chi connectivity index (χ0v) is 42.3. The molecule has 0 unspecified atom stereocenters. The molecule has 0 saturated carbocycles. The van der Waals surface area contributed by atoms with E-state index in [9.17, 15) is 25.2 Å². The number of carbonyl (C=O) groups excluding carboxylic acids is 1. The number of ether oxygens (including phenoxy) is 3. The lowest BCUT2D eigenvalue weighted by molar-refractivity contribution is -0.00642. The number of halogens is 2. The van der Waals surface area contributed by atoms with E-state index in [1.807, 2.05) is 6.07 Å². The Bertz CT molecular complexity index is 2920. The lowest BCUT2D eigenvalue weighted by atomic mass is 9.81. The van der Waals surface area contributed by atoms with Gasteiger partial charge in [-0.25, -0.2) is 9.59 Å². The van der Waals surface area contributed by atoms with Gasteiger partial charge in [0.2, 0.25) is 0 Å². The van der Waals surface area contributed by atoms with Crippen LogP contribution < -0.4 is 20.1 Å². The van der Waals surface area contributed by atoms with Crippen LogP contribution in [0.15, 0.2) is 110 Å². The molecule has 6 aromatic rings. The van der Waals surface area contributed by atoms with Crippen LogP contribution in [0.3, 0.4) is 0 Å². The summed E-state index contributed by atoms with van der Waals surface area (Å²) < 4.78 is 17.6.